The maximum absolute atomic E-state index is 10.7. The van der Waals surface area contributed by atoms with Crippen molar-refractivity contribution in [2.75, 3.05) is 0 Å². The first-order valence-corrected chi connectivity index (χ1v) is 9.40. The number of hydrogen-bond acceptors (Lipinski definition) is 4. The van der Waals surface area contributed by atoms with Crippen LogP contribution in [0, 0.1) is 0 Å². The van der Waals surface area contributed by atoms with E-state index in [4.69, 9.17) is 11.7 Å². The van der Waals surface area contributed by atoms with Crippen molar-refractivity contribution in [2.45, 2.75) is 23.3 Å². The molecule has 1 N–H and O–H groups in total. The molecule has 3 radical (unpaired) electrons. The van der Waals surface area contributed by atoms with Gasteiger partial charge in [-0.3, -0.25) is 0 Å². The molecule has 0 bridgehead atoms. The molecular formula is C6H9Ge2O5. The van der Waals surface area contributed by atoms with Crippen LogP contribution in [0.15, 0.2) is 0 Å². The van der Waals surface area contributed by atoms with E-state index in [0.29, 0.717) is 11.7 Å². The van der Waals surface area contributed by atoms with Crippen molar-refractivity contribution in [3.8, 4) is 0 Å². The van der Waals surface area contributed by atoms with E-state index in [9.17, 15) is 9.59 Å². The number of carbonyl (C=O) groups is 2. The summed E-state index contributed by atoms with van der Waals surface area (Å²) in [6.45, 7) is 0. The first-order chi connectivity index (χ1) is 6.18. The Morgan fingerprint density at radius 2 is 2.54 bits per heavy atom. The van der Waals surface area contributed by atoms with E-state index >= 15 is 0 Å². The predicted molar refractivity (Wildman–Crippen MR) is 45.2 cm³/mol. The van der Waals surface area contributed by atoms with Gasteiger partial charge in [0, 0.05) is 0 Å². The van der Waals surface area contributed by atoms with E-state index in [1.807, 2.05) is 0 Å². The minimum atomic E-state index is -1.95. The van der Waals surface area contributed by atoms with Crippen molar-refractivity contribution in [2.24, 2.45) is 0 Å². The number of aliphatic carboxylic acids is 1. The molecule has 1 heterocycles. The standard InChI is InChI=1S/C6H9Ge2O5/c9-5(10)1-3-7-13-8-4-2-6(11)12-8/h1-4H2,(H,9,10). The molecule has 13 heavy (non-hydrogen) atoms. The van der Waals surface area contributed by atoms with Crippen LogP contribution in [-0.4, -0.2) is 47.8 Å². The van der Waals surface area contributed by atoms with Gasteiger partial charge >= 0.3 is 87.3 Å². The van der Waals surface area contributed by atoms with Crippen LogP contribution in [0.3, 0.4) is 0 Å². The fraction of sp³-hybridized carbons (Fsp3) is 0.667. The molecule has 1 aliphatic rings. The van der Waals surface area contributed by atoms with Gasteiger partial charge in [-0.25, -0.2) is 0 Å². The number of hydrogen-bond donors (Lipinski definition) is 1. The molecule has 0 unspecified atom stereocenters. The van der Waals surface area contributed by atoms with E-state index in [2.05, 4.69) is 0 Å². The van der Waals surface area contributed by atoms with Crippen LogP contribution in [0.4, 0.5) is 0 Å². The van der Waals surface area contributed by atoms with Gasteiger partial charge in [0.25, 0.3) is 0 Å². The van der Waals surface area contributed by atoms with Crippen molar-refractivity contribution in [1.82, 2.24) is 0 Å². The number of carboxylic acids is 1. The summed E-state index contributed by atoms with van der Waals surface area (Å²) in [5, 5.41) is 9.73. The van der Waals surface area contributed by atoms with E-state index in [1.54, 1.807) is 0 Å². The average molecular weight is 306 g/mol. The second-order valence-electron chi connectivity index (χ2n) is 2.49. The van der Waals surface area contributed by atoms with E-state index in [1.165, 1.54) is 0 Å². The molecule has 5 nitrogen and oxygen atoms in total. The Hall–Kier alpha value is -0.0143. The Morgan fingerprint density at radius 1 is 1.77 bits per heavy atom. The zero-order valence-electron chi connectivity index (χ0n) is 6.91. The first-order valence-electron chi connectivity index (χ1n) is 3.86. The van der Waals surface area contributed by atoms with Gasteiger partial charge in [-0.05, 0) is 0 Å². The second-order valence-corrected chi connectivity index (χ2v) is 9.83. The van der Waals surface area contributed by atoms with E-state index < -0.39 is 36.8 Å². The molecule has 7 heteroatoms. The fourth-order valence-electron chi connectivity index (χ4n) is 0.795. The fourth-order valence-corrected chi connectivity index (χ4v) is 8.56. The quantitative estimate of drug-likeness (QED) is 0.569. The Bertz CT molecular complexity index is 207. The Balaban J connectivity index is 2.00. The third kappa shape index (κ3) is 4.68. The van der Waals surface area contributed by atoms with Crippen LogP contribution < -0.4 is 0 Å². The van der Waals surface area contributed by atoms with E-state index in [-0.39, 0.29) is 12.4 Å². The van der Waals surface area contributed by atoms with Crippen LogP contribution >= 0.6 is 0 Å². The minimum absolute atomic E-state index is 0.153. The monoisotopic (exact) mass is 309 g/mol. The van der Waals surface area contributed by atoms with Gasteiger partial charge in [-0.15, -0.1) is 0 Å². The molecule has 0 aromatic heterocycles. The van der Waals surface area contributed by atoms with Gasteiger partial charge in [0.1, 0.15) is 0 Å². The number of rotatable bonds is 5. The molecule has 1 rings (SSSR count). The third-order valence-corrected chi connectivity index (χ3v) is 9.51. The van der Waals surface area contributed by atoms with Crippen molar-refractivity contribution < 1.29 is 21.2 Å². The Kier molecular flexibility index (Phi) is 4.82. The summed E-state index contributed by atoms with van der Waals surface area (Å²) < 4.78 is 10.4. The van der Waals surface area contributed by atoms with Crippen LogP contribution in [0.1, 0.15) is 12.8 Å². The van der Waals surface area contributed by atoms with Gasteiger partial charge in [0.05, 0.1) is 0 Å². The van der Waals surface area contributed by atoms with Crippen molar-refractivity contribution >= 4 is 42.7 Å². The summed E-state index contributed by atoms with van der Waals surface area (Å²) in [4.78, 5) is 20.8. The van der Waals surface area contributed by atoms with Crippen LogP contribution in [0.25, 0.3) is 0 Å². The zero-order chi connectivity index (χ0) is 9.68. The number of carboxylic acid groups (broad SMARTS) is 1. The molecule has 0 aliphatic carbocycles. The van der Waals surface area contributed by atoms with Gasteiger partial charge in [0.2, 0.25) is 0 Å². The van der Waals surface area contributed by atoms with Crippen molar-refractivity contribution in [1.29, 1.82) is 0 Å². The SMILES string of the molecule is O=C(O)C[CH2][Ge][O][Ge]1[CH2]CC(=O)[O]1. The summed E-state index contributed by atoms with van der Waals surface area (Å²) in [5.74, 6) is -0.944. The first kappa shape index (κ1) is 11.1. The normalized spacial score (nSPS) is 17.4. The van der Waals surface area contributed by atoms with Gasteiger partial charge in [-0.1, -0.05) is 0 Å². The molecule has 71 valence electrons. The molecular weight excluding hydrogens is 297 g/mol. The molecule has 1 fully saturated rings. The molecule has 0 aromatic carbocycles. The molecule has 0 amide bonds. The number of carbonyl (C=O) groups excluding carboxylic acids is 1. The summed E-state index contributed by atoms with van der Waals surface area (Å²) >= 11 is -2.60. The molecule has 0 saturated carbocycles. The Labute approximate surface area is 87.4 Å². The summed E-state index contributed by atoms with van der Waals surface area (Å²) in [6, 6.07) is 0. The van der Waals surface area contributed by atoms with Crippen LogP contribution in [0.2, 0.25) is 10.5 Å². The molecule has 1 saturated heterocycles. The topological polar surface area (TPSA) is 72.8 Å². The third-order valence-electron chi connectivity index (χ3n) is 1.39. The molecule has 0 spiro atoms. The summed E-state index contributed by atoms with van der Waals surface area (Å²) in [7, 11) is 0. The summed E-state index contributed by atoms with van der Waals surface area (Å²) in [5.41, 5.74) is 0. The molecule has 1 aliphatic heterocycles. The predicted octanol–water partition coefficient (Wildman–Crippen LogP) is -0.0497. The molecule has 0 atom stereocenters. The van der Waals surface area contributed by atoms with Crippen molar-refractivity contribution in [3.63, 3.8) is 0 Å². The summed E-state index contributed by atoms with van der Waals surface area (Å²) in [6.07, 6.45) is 0.653. The molecule has 0 aromatic rings. The van der Waals surface area contributed by atoms with Gasteiger partial charge < -0.3 is 0 Å². The van der Waals surface area contributed by atoms with Crippen LogP contribution in [-0.2, 0) is 16.1 Å². The van der Waals surface area contributed by atoms with Gasteiger partial charge in [-0.2, -0.15) is 0 Å². The maximum atomic E-state index is 10.7. The second kappa shape index (κ2) is 5.66. The van der Waals surface area contributed by atoms with Gasteiger partial charge in [0.15, 0.2) is 0 Å². The van der Waals surface area contributed by atoms with Crippen LogP contribution in [0.5, 0.6) is 0 Å². The average Bonchev–Trinajstić information content (AvgIpc) is 2.45. The van der Waals surface area contributed by atoms with E-state index in [0.717, 1.165) is 5.25 Å². The zero-order valence-corrected chi connectivity index (χ0v) is 11.1. The Morgan fingerprint density at radius 3 is 3.08 bits per heavy atom. The van der Waals surface area contributed by atoms with Crippen molar-refractivity contribution in [3.05, 3.63) is 0 Å².